The van der Waals surface area contributed by atoms with Crippen LogP contribution in [0.2, 0.25) is 0 Å². The van der Waals surface area contributed by atoms with Crippen molar-refractivity contribution < 1.29 is 0 Å². The van der Waals surface area contributed by atoms with Crippen LogP contribution in [0.15, 0.2) is 175 Å². The number of para-hydroxylation sites is 1. The van der Waals surface area contributed by atoms with Crippen LogP contribution in [0.4, 0.5) is 0 Å². The summed E-state index contributed by atoms with van der Waals surface area (Å²) in [5, 5.41) is 9.14. The van der Waals surface area contributed by atoms with E-state index in [4.69, 9.17) is 0 Å². The molecule has 3 aliphatic rings. The number of hydrogen-bond acceptors (Lipinski definition) is 0. The van der Waals surface area contributed by atoms with Gasteiger partial charge in [0.15, 0.2) is 0 Å². The van der Waals surface area contributed by atoms with E-state index in [1.54, 1.807) is 0 Å². The fraction of sp³-hybridized carbons (Fsp3) is 0.102. The van der Waals surface area contributed by atoms with Crippen LogP contribution in [0.25, 0.3) is 55.0 Å². The first-order valence-electron chi connectivity index (χ1n) is 18.0. The first-order chi connectivity index (χ1) is 24.8. The molecule has 236 valence electrons. The van der Waals surface area contributed by atoms with Gasteiger partial charge in [0.1, 0.15) is 0 Å². The lowest BCUT2D eigenvalue weighted by atomic mass is 9.61. The summed E-state index contributed by atoms with van der Waals surface area (Å²) in [4.78, 5) is 0. The maximum Gasteiger partial charge on any atom is 0.0537 e. The van der Waals surface area contributed by atoms with Gasteiger partial charge in [-0.1, -0.05) is 158 Å². The Morgan fingerprint density at radius 1 is 0.540 bits per heavy atom. The number of fused-ring (bicyclic) bond motifs is 13. The van der Waals surface area contributed by atoms with E-state index in [9.17, 15) is 0 Å². The molecule has 7 aromatic carbocycles. The minimum absolute atomic E-state index is 0.180. The van der Waals surface area contributed by atoms with Gasteiger partial charge in [0.05, 0.1) is 10.9 Å². The second-order valence-corrected chi connectivity index (χ2v) is 14.2. The molecular formula is C49H35N. The molecule has 1 heterocycles. The van der Waals surface area contributed by atoms with Crippen molar-refractivity contribution in [2.45, 2.75) is 24.2 Å². The molecule has 3 unspecified atom stereocenters. The van der Waals surface area contributed by atoms with Crippen LogP contribution in [-0.2, 0) is 5.41 Å². The monoisotopic (exact) mass is 637 g/mol. The van der Waals surface area contributed by atoms with Crippen molar-refractivity contribution in [2.75, 3.05) is 0 Å². The molecule has 0 aliphatic heterocycles. The average molecular weight is 638 g/mol. The number of hydrogen-bond donors (Lipinski definition) is 0. The average Bonchev–Trinajstić information content (AvgIpc) is 3.69. The van der Waals surface area contributed by atoms with E-state index < -0.39 is 0 Å². The Morgan fingerprint density at radius 3 is 1.92 bits per heavy atom. The SMILES string of the molecule is C1=CC(C2(c3ccccc3)c3ccccc3C3c4c(c5ccccc5n4-c4ccc5c6ccccc6c6ccccc6c5c4)C=CC32)=CCC1. The molecule has 0 radical (unpaired) electrons. The van der Waals surface area contributed by atoms with E-state index in [0.29, 0.717) is 0 Å². The van der Waals surface area contributed by atoms with Crippen molar-refractivity contribution in [2.24, 2.45) is 5.92 Å². The van der Waals surface area contributed by atoms with Crippen LogP contribution < -0.4 is 0 Å². The Morgan fingerprint density at radius 2 is 1.18 bits per heavy atom. The largest absolute Gasteiger partial charge is 0.312 e. The maximum atomic E-state index is 2.61. The molecule has 1 nitrogen and oxygen atoms in total. The normalized spacial score (nSPS) is 20.7. The lowest BCUT2D eigenvalue weighted by molar-refractivity contribution is 0.441. The first-order valence-corrected chi connectivity index (χ1v) is 18.0. The van der Waals surface area contributed by atoms with Crippen molar-refractivity contribution in [3.63, 3.8) is 0 Å². The van der Waals surface area contributed by atoms with Gasteiger partial charge in [-0.2, -0.15) is 0 Å². The van der Waals surface area contributed by atoms with Crippen LogP contribution in [0, 0.1) is 5.92 Å². The minimum Gasteiger partial charge on any atom is -0.312 e. The van der Waals surface area contributed by atoms with Gasteiger partial charge in [0.2, 0.25) is 0 Å². The van der Waals surface area contributed by atoms with Crippen LogP contribution in [-0.4, -0.2) is 4.57 Å². The summed E-state index contributed by atoms with van der Waals surface area (Å²) in [6, 6.07) is 54.6. The zero-order valence-electron chi connectivity index (χ0n) is 27.8. The Kier molecular flexibility index (Phi) is 5.90. The molecule has 3 atom stereocenters. The number of benzene rings is 7. The van der Waals surface area contributed by atoms with E-state index in [2.05, 4.69) is 181 Å². The molecule has 8 aromatic rings. The Labute approximate surface area is 292 Å². The van der Waals surface area contributed by atoms with E-state index in [1.165, 1.54) is 82.4 Å². The van der Waals surface area contributed by atoms with Crippen molar-refractivity contribution in [3.05, 3.63) is 203 Å². The number of rotatable bonds is 3. The van der Waals surface area contributed by atoms with E-state index in [-0.39, 0.29) is 17.3 Å². The number of allylic oxidation sites excluding steroid dienone is 5. The molecule has 1 heteroatoms. The molecule has 0 spiro atoms. The number of aromatic nitrogens is 1. The van der Waals surface area contributed by atoms with Crippen molar-refractivity contribution in [1.29, 1.82) is 0 Å². The Bertz CT molecular complexity index is 2740. The molecular weight excluding hydrogens is 603 g/mol. The molecule has 11 rings (SSSR count). The standard InChI is InChI=1S/C49H35N/c1-3-15-32(16-4-1)49(33-17-5-2-6-18-33)44-25-13-11-24-42(44)47-45(49)30-29-41-40-23-12-14-26-46(40)50(48(41)47)34-27-28-39-37-21-8-7-19-35(37)36-20-9-10-22-38(36)43(39)31-34/h1,3-5,7-31,45,47H,2,6H2. The predicted molar refractivity (Wildman–Crippen MR) is 210 cm³/mol. The summed E-state index contributed by atoms with van der Waals surface area (Å²) in [6.45, 7) is 0. The second kappa shape index (κ2) is 10.5. The van der Waals surface area contributed by atoms with Gasteiger partial charge in [-0.15, -0.1) is 0 Å². The fourth-order valence-corrected chi connectivity index (χ4v) is 10.1. The lowest BCUT2D eigenvalue weighted by Gasteiger charge is -2.41. The van der Waals surface area contributed by atoms with Gasteiger partial charge < -0.3 is 4.57 Å². The van der Waals surface area contributed by atoms with E-state index in [1.807, 2.05) is 0 Å². The summed E-state index contributed by atoms with van der Waals surface area (Å²) in [5.41, 5.74) is 10.6. The van der Waals surface area contributed by atoms with Gasteiger partial charge in [-0.25, -0.2) is 0 Å². The highest BCUT2D eigenvalue weighted by Gasteiger charge is 2.56. The summed E-state index contributed by atoms with van der Waals surface area (Å²) >= 11 is 0. The molecule has 0 N–H and O–H groups in total. The van der Waals surface area contributed by atoms with Crippen molar-refractivity contribution in [1.82, 2.24) is 4.57 Å². The molecule has 1 aromatic heterocycles. The van der Waals surface area contributed by atoms with Gasteiger partial charge in [0.25, 0.3) is 0 Å². The third-order valence-corrected chi connectivity index (χ3v) is 12.0. The molecule has 0 bridgehead atoms. The van der Waals surface area contributed by atoms with E-state index >= 15 is 0 Å². The van der Waals surface area contributed by atoms with Crippen LogP contribution in [0.5, 0.6) is 0 Å². The topological polar surface area (TPSA) is 4.93 Å². The molecule has 0 saturated carbocycles. The highest BCUT2D eigenvalue weighted by molar-refractivity contribution is 6.25. The Balaban J connectivity index is 1.23. The smallest absolute Gasteiger partial charge is 0.0537 e. The molecule has 0 saturated heterocycles. The summed E-state index contributed by atoms with van der Waals surface area (Å²) in [5.74, 6) is 0.399. The molecule has 0 amide bonds. The summed E-state index contributed by atoms with van der Waals surface area (Å²) in [6.07, 6.45) is 14.5. The third kappa shape index (κ3) is 3.62. The van der Waals surface area contributed by atoms with Crippen LogP contribution in [0.1, 0.15) is 46.7 Å². The van der Waals surface area contributed by atoms with Crippen LogP contribution in [0.3, 0.4) is 0 Å². The van der Waals surface area contributed by atoms with Gasteiger partial charge >= 0.3 is 0 Å². The highest BCUT2D eigenvalue weighted by Crippen LogP contribution is 2.63. The third-order valence-electron chi connectivity index (χ3n) is 12.0. The van der Waals surface area contributed by atoms with Crippen molar-refractivity contribution >= 4 is 49.3 Å². The first kappa shape index (κ1) is 28.0. The van der Waals surface area contributed by atoms with Gasteiger partial charge in [-0.05, 0) is 85.6 Å². The number of nitrogens with zero attached hydrogens (tertiary/aromatic N) is 1. The van der Waals surface area contributed by atoms with E-state index in [0.717, 1.165) is 12.8 Å². The Hall–Kier alpha value is -5.92. The van der Waals surface area contributed by atoms with Crippen LogP contribution >= 0.6 is 0 Å². The maximum absolute atomic E-state index is 2.61. The lowest BCUT2D eigenvalue weighted by Crippen LogP contribution is -2.36. The highest BCUT2D eigenvalue weighted by atomic mass is 15.0. The molecule has 3 aliphatic carbocycles. The fourth-order valence-electron chi connectivity index (χ4n) is 10.1. The molecule has 0 fully saturated rings. The summed E-state index contributed by atoms with van der Waals surface area (Å²) < 4.78 is 2.61. The summed E-state index contributed by atoms with van der Waals surface area (Å²) in [7, 11) is 0. The second-order valence-electron chi connectivity index (χ2n) is 14.2. The van der Waals surface area contributed by atoms with Crippen molar-refractivity contribution in [3.8, 4) is 5.69 Å². The van der Waals surface area contributed by atoms with Gasteiger partial charge in [0, 0.05) is 34.2 Å². The quantitative estimate of drug-likeness (QED) is 0.170. The minimum atomic E-state index is -0.284. The molecule has 50 heavy (non-hydrogen) atoms. The zero-order chi connectivity index (χ0) is 32.8. The zero-order valence-corrected chi connectivity index (χ0v) is 27.8. The predicted octanol–water partition coefficient (Wildman–Crippen LogP) is 12.4. The van der Waals surface area contributed by atoms with Gasteiger partial charge in [-0.3, -0.25) is 0 Å².